The lowest BCUT2D eigenvalue weighted by Crippen LogP contribution is -2.46. The number of halogens is 2. The minimum atomic E-state index is -3.74. The van der Waals surface area contributed by atoms with Gasteiger partial charge in [-0.15, -0.1) is 8.78 Å². The molecule has 0 saturated heterocycles. The Morgan fingerprint density at radius 2 is 1.57 bits per heavy atom. The summed E-state index contributed by atoms with van der Waals surface area (Å²) >= 11 is 0. The van der Waals surface area contributed by atoms with E-state index in [4.69, 9.17) is 20.3 Å². The molecule has 51 heavy (non-hydrogen) atoms. The monoisotopic (exact) mass is 703 g/mol. The zero-order chi connectivity index (χ0) is 36.2. The molecule has 4 aromatic rings. The van der Waals surface area contributed by atoms with Crippen molar-refractivity contribution in [1.82, 2.24) is 10.6 Å². The van der Waals surface area contributed by atoms with Crippen molar-refractivity contribution in [1.29, 1.82) is 0 Å². The summed E-state index contributed by atoms with van der Waals surface area (Å²) in [6.45, 7) is 0.958. The lowest BCUT2D eigenvalue weighted by Gasteiger charge is -2.33. The van der Waals surface area contributed by atoms with Crippen molar-refractivity contribution < 1.29 is 47.5 Å². The van der Waals surface area contributed by atoms with E-state index in [1.54, 1.807) is 54.6 Å². The number of alkyl halides is 2. The van der Waals surface area contributed by atoms with Crippen LogP contribution in [0.15, 0.2) is 84.9 Å². The Hall–Kier alpha value is -5.56. The van der Waals surface area contributed by atoms with Gasteiger partial charge >= 0.3 is 6.29 Å². The van der Waals surface area contributed by atoms with Gasteiger partial charge in [-0.05, 0) is 97.4 Å². The van der Waals surface area contributed by atoms with Crippen LogP contribution in [0.5, 0.6) is 34.5 Å². The molecule has 0 bridgehead atoms. The highest BCUT2D eigenvalue weighted by molar-refractivity contribution is 5.92. The van der Waals surface area contributed by atoms with Gasteiger partial charge in [0.05, 0.1) is 18.6 Å². The number of hydrogen-bond donors (Lipinski definition) is 5. The normalized spacial score (nSPS) is 18.6. The maximum Gasteiger partial charge on any atom is 0.586 e. The molecule has 11 nitrogen and oxygen atoms in total. The van der Waals surface area contributed by atoms with Gasteiger partial charge in [-0.3, -0.25) is 9.59 Å². The molecule has 3 aliphatic rings. The largest absolute Gasteiger partial charge is 0.586 e. The van der Waals surface area contributed by atoms with E-state index in [2.05, 4.69) is 20.1 Å². The molecule has 1 aliphatic carbocycles. The fourth-order valence-electron chi connectivity index (χ4n) is 6.22. The summed E-state index contributed by atoms with van der Waals surface area (Å²) < 4.78 is 47.5. The first-order chi connectivity index (χ1) is 24.5. The molecule has 0 radical (unpaired) electrons. The Balaban J connectivity index is 0.000000388. The van der Waals surface area contributed by atoms with Gasteiger partial charge in [0.25, 0.3) is 5.91 Å². The Morgan fingerprint density at radius 1 is 0.882 bits per heavy atom. The van der Waals surface area contributed by atoms with Crippen molar-refractivity contribution in [2.75, 3.05) is 20.2 Å². The summed E-state index contributed by atoms with van der Waals surface area (Å²) in [6.07, 6.45) is -2.03. The van der Waals surface area contributed by atoms with Crippen molar-refractivity contribution in [2.45, 2.75) is 56.0 Å². The van der Waals surface area contributed by atoms with Crippen molar-refractivity contribution in [3.05, 3.63) is 107 Å². The highest BCUT2D eigenvalue weighted by Gasteiger charge is 2.53. The summed E-state index contributed by atoms with van der Waals surface area (Å²) in [6, 6.07) is 23.0. The number of nitrogens with one attached hydrogen (secondary N) is 2. The molecule has 4 aromatic carbocycles. The van der Waals surface area contributed by atoms with E-state index in [-0.39, 0.29) is 35.5 Å². The minimum Gasteiger partial charge on any atom is -0.508 e. The molecule has 6 N–H and O–H groups in total. The fourth-order valence-corrected chi connectivity index (χ4v) is 6.22. The van der Waals surface area contributed by atoms with Crippen LogP contribution >= 0.6 is 0 Å². The standard InChI is InChI=1S/C30H28F2N2O7.C8H11NO/c1-38-20-6-7-21-22(16-26(39-24(21)15-20)27(36)33-12-9-17-3-2-4-19(35)13-17)34-28(37)29(10-11-29)18-5-8-23-25(14-18)41-30(31,32)40-23;9-5-4-7-2-1-3-8(10)6-7/h2-8,13-15,22,26,35H,9-12,16H2,1H3,(H,33,36)(H,34,37);1-3,6,10H,4-5,9H2. The Morgan fingerprint density at radius 3 is 2.22 bits per heavy atom. The third kappa shape index (κ3) is 8.26. The van der Waals surface area contributed by atoms with E-state index in [0.717, 1.165) is 17.5 Å². The number of carbonyl (C=O) groups is 2. The number of ether oxygens (including phenoxy) is 4. The predicted molar refractivity (Wildman–Crippen MR) is 182 cm³/mol. The second-order valence-corrected chi connectivity index (χ2v) is 12.6. The molecule has 7 rings (SSSR count). The molecule has 268 valence electrons. The molecule has 2 unspecified atom stereocenters. The van der Waals surface area contributed by atoms with Gasteiger partial charge < -0.3 is 45.5 Å². The van der Waals surface area contributed by atoms with Gasteiger partial charge in [0.1, 0.15) is 23.0 Å². The summed E-state index contributed by atoms with van der Waals surface area (Å²) in [5.41, 5.74) is 7.64. The SMILES string of the molecule is COc1ccc2c(c1)OC(C(=O)NCCc1cccc(O)c1)CC2NC(=O)C1(c2ccc3c(c2)OC(F)(F)O3)CC1.NCCc1cccc(O)c1. The summed E-state index contributed by atoms with van der Waals surface area (Å²) in [5, 5.41) is 24.6. The summed E-state index contributed by atoms with van der Waals surface area (Å²) in [7, 11) is 1.52. The van der Waals surface area contributed by atoms with E-state index < -0.39 is 23.9 Å². The van der Waals surface area contributed by atoms with E-state index in [9.17, 15) is 23.5 Å². The zero-order valence-electron chi connectivity index (χ0n) is 27.9. The number of fused-ring (bicyclic) bond motifs is 2. The van der Waals surface area contributed by atoms with E-state index in [1.807, 2.05) is 18.2 Å². The highest BCUT2D eigenvalue weighted by Crippen LogP contribution is 2.52. The van der Waals surface area contributed by atoms with Crippen LogP contribution < -0.4 is 35.3 Å². The van der Waals surface area contributed by atoms with Crippen molar-refractivity contribution in [3.63, 3.8) is 0 Å². The Labute approximate surface area is 293 Å². The first-order valence-electron chi connectivity index (χ1n) is 16.6. The smallest absolute Gasteiger partial charge is 0.508 e. The number of phenolic OH excluding ortho intramolecular Hbond substituents is 2. The molecular weight excluding hydrogens is 664 g/mol. The number of rotatable bonds is 10. The average Bonchev–Trinajstić information content (AvgIpc) is 3.85. The average molecular weight is 704 g/mol. The van der Waals surface area contributed by atoms with Crippen LogP contribution in [0.3, 0.4) is 0 Å². The van der Waals surface area contributed by atoms with Gasteiger partial charge in [0, 0.05) is 24.6 Å². The third-order valence-electron chi connectivity index (χ3n) is 9.02. The number of hydrogen-bond acceptors (Lipinski definition) is 9. The molecule has 1 saturated carbocycles. The van der Waals surface area contributed by atoms with Crippen LogP contribution in [-0.4, -0.2) is 54.6 Å². The van der Waals surface area contributed by atoms with Gasteiger partial charge in [-0.25, -0.2) is 0 Å². The summed E-state index contributed by atoms with van der Waals surface area (Å²) in [5.74, 6) is 0.610. The topological polar surface area (TPSA) is 162 Å². The van der Waals surface area contributed by atoms with Crippen molar-refractivity contribution >= 4 is 11.8 Å². The number of methoxy groups -OCH3 is 1. The van der Waals surface area contributed by atoms with Gasteiger partial charge in [-0.2, -0.15) is 0 Å². The van der Waals surface area contributed by atoms with Gasteiger partial charge in [0.2, 0.25) is 5.91 Å². The Bertz CT molecular complexity index is 1900. The number of benzene rings is 4. The van der Waals surface area contributed by atoms with Crippen LogP contribution in [-0.2, 0) is 27.8 Å². The first-order valence-corrected chi connectivity index (χ1v) is 16.6. The van der Waals surface area contributed by atoms with Gasteiger partial charge in [-0.1, -0.05) is 30.3 Å². The van der Waals surface area contributed by atoms with E-state index in [0.29, 0.717) is 60.7 Å². The first kappa shape index (κ1) is 35.3. The molecule has 2 aliphatic heterocycles. The van der Waals surface area contributed by atoms with Crippen LogP contribution in [0.25, 0.3) is 0 Å². The van der Waals surface area contributed by atoms with E-state index >= 15 is 0 Å². The maximum atomic E-state index is 13.7. The fraction of sp³-hybridized carbons (Fsp3) is 0.316. The second-order valence-electron chi connectivity index (χ2n) is 12.6. The number of carbonyl (C=O) groups excluding carboxylic acids is 2. The van der Waals surface area contributed by atoms with Crippen LogP contribution in [0.1, 0.15) is 47.6 Å². The van der Waals surface area contributed by atoms with E-state index in [1.165, 1.54) is 19.2 Å². The number of aromatic hydroxyl groups is 2. The molecule has 2 atom stereocenters. The lowest BCUT2D eigenvalue weighted by atomic mass is 9.91. The lowest BCUT2D eigenvalue weighted by molar-refractivity contribution is -0.286. The van der Waals surface area contributed by atoms with Gasteiger partial charge in [0.15, 0.2) is 17.6 Å². The highest BCUT2D eigenvalue weighted by atomic mass is 19.3. The summed E-state index contributed by atoms with van der Waals surface area (Å²) in [4.78, 5) is 26.8. The number of amides is 2. The van der Waals surface area contributed by atoms with Crippen molar-refractivity contribution in [2.24, 2.45) is 5.73 Å². The van der Waals surface area contributed by atoms with Crippen LogP contribution in [0.2, 0.25) is 0 Å². The minimum absolute atomic E-state index is 0.0832. The predicted octanol–water partition coefficient (Wildman–Crippen LogP) is 5.01. The third-order valence-corrected chi connectivity index (χ3v) is 9.02. The Kier molecular flexibility index (Phi) is 10.2. The molecule has 0 spiro atoms. The van der Waals surface area contributed by atoms with Crippen LogP contribution in [0, 0.1) is 0 Å². The molecular formula is C38H39F2N3O8. The quantitative estimate of drug-likeness (QED) is 0.153. The number of phenols is 2. The maximum absolute atomic E-state index is 13.7. The zero-order valence-corrected chi connectivity index (χ0v) is 27.9. The van der Waals surface area contributed by atoms with Crippen molar-refractivity contribution in [3.8, 4) is 34.5 Å². The van der Waals surface area contributed by atoms with Crippen LogP contribution in [0.4, 0.5) is 8.78 Å². The molecule has 2 heterocycles. The number of nitrogens with two attached hydrogens (primary N) is 1. The molecule has 13 heteroatoms. The molecule has 1 fully saturated rings. The second kappa shape index (κ2) is 14.7. The molecule has 0 aromatic heterocycles. The molecule has 2 amide bonds.